The zero-order valence-electron chi connectivity index (χ0n) is 16.9. The van der Waals surface area contributed by atoms with Crippen LogP contribution in [0.3, 0.4) is 0 Å². The van der Waals surface area contributed by atoms with Crippen LogP contribution >= 0.6 is 15.9 Å². The van der Waals surface area contributed by atoms with Crippen molar-refractivity contribution in [1.82, 2.24) is 0 Å². The highest BCUT2D eigenvalue weighted by atomic mass is 79.9. The van der Waals surface area contributed by atoms with Gasteiger partial charge in [-0.3, -0.25) is 0 Å². The van der Waals surface area contributed by atoms with Gasteiger partial charge in [-0.2, -0.15) is 0 Å². The number of halogens is 1. The summed E-state index contributed by atoms with van der Waals surface area (Å²) in [6.07, 6.45) is 1.70. The molecule has 4 rings (SSSR count). The van der Waals surface area contributed by atoms with Crippen molar-refractivity contribution >= 4 is 33.9 Å². The maximum Gasteiger partial charge on any atom is 0.363 e. The van der Waals surface area contributed by atoms with Gasteiger partial charge in [0.25, 0.3) is 0 Å². The number of hydrogen-bond donors (Lipinski definition) is 0. The van der Waals surface area contributed by atoms with Gasteiger partial charge in [-0.1, -0.05) is 40.2 Å². The summed E-state index contributed by atoms with van der Waals surface area (Å²) in [6, 6.07) is 22.7. The van der Waals surface area contributed by atoms with Crippen molar-refractivity contribution in [3.05, 3.63) is 99.7 Å². The highest BCUT2D eigenvalue weighted by Crippen LogP contribution is 2.22. The van der Waals surface area contributed by atoms with Crippen LogP contribution in [0.4, 0.5) is 0 Å². The van der Waals surface area contributed by atoms with E-state index in [0.29, 0.717) is 13.2 Å². The number of carbonyl (C=O) groups is 1. The van der Waals surface area contributed by atoms with Crippen LogP contribution in [-0.4, -0.2) is 18.5 Å². The largest absolute Gasteiger partial charge is 0.494 e. The quantitative estimate of drug-likeness (QED) is 0.320. The molecule has 0 spiro atoms. The lowest BCUT2D eigenvalue weighted by molar-refractivity contribution is -0.129. The third kappa shape index (κ3) is 5.41. The van der Waals surface area contributed by atoms with E-state index in [9.17, 15) is 4.79 Å². The molecule has 156 valence electrons. The van der Waals surface area contributed by atoms with Crippen molar-refractivity contribution < 1.29 is 19.0 Å². The van der Waals surface area contributed by atoms with E-state index in [1.807, 2.05) is 79.7 Å². The van der Waals surface area contributed by atoms with E-state index in [0.717, 1.165) is 32.7 Å². The topological polar surface area (TPSA) is 57.1 Å². The summed E-state index contributed by atoms with van der Waals surface area (Å²) in [7, 11) is 0. The van der Waals surface area contributed by atoms with Gasteiger partial charge in [-0.05, 0) is 72.7 Å². The van der Waals surface area contributed by atoms with Crippen molar-refractivity contribution in [1.29, 1.82) is 0 Å². The lowest BCUT2D eigenvalue weighted by atomic mass is 10.2. The Bertz CT molecular complexity index is 1120. The molecule has 31 heavy (non-hydrogen) atoms. The van der Waals surface area contributed by atoms with Crippen LogP contribution in [-0.2, 0) is 16.1 Å². The smallest absolute Gasteiger partial charge is 0.363 e. The zero-order valence-corrected chi connectivity index (χ0v) is 18.5. The van der Waals surface area contributed by atoms with Crippen LogP contribution in [0.1, 0.15) is 23.6 Å². The summed E-state index contributed by atoms with van der Waals surface area (Å²) in [5, 5.41) is 0. The number of carbonyl (C=O) groups excluding carboxylic acids is 1. The van der Waals surface area contributed by atoms with E-state index >= 15 is 0 Å². The molecule has 0 radical (unpaired) electrons. The highest BCUT2D eigenvalue weighted by molar-refractivity contribution is 9.10. The molecule has 0 bridgehead atoms. The minimum atomic E-state index is -0.473. The first-order valence-electron chi connectivity index (χ1n) is 9.84. The molecule has 0 saturated carbocycles. The van der Waals surface area contributed by atoms with E-state index < -0.39 is 5.97 Å². The van der Waals surface area contributed by atoms with Crippen LogP contribution < -0.4 is 9.47 Å². The third-order valence-corrected chi connectivity index (χ3v) is 5.06. The van der Waals surface area contributed by atoms with E-state index in [-0.39, 0.29) is 11.6 Å². The number of hydrogen-bond acceptors (Lipinski definition) is 5. The Labute approximate surface area is 189 Å². The molecular formula is C25H20BrNO4. The summed E-state index contributed by atoms with van der Waals surface area (Å²) in [6.45, 7) is 3.00. The Hall–Kier alpha value is -3.38. The van der Waals surface area contributed by atoms with Crippen molar-refractivity contribution in [2.75, 3.05) is 6.61 Å². The average Bonchev–Trinajstić information content (AvgIpc) is 3.15. The standard InChI is InChI=1S/C25H20BrNO4/c1-2-29-21-13-7-19(8-14-21)24-27-23(25(28)31-24)15-17-5-11-22(12-6-17)30-16-18-3-9-20(26)10-4-18/h3-15H,2,16H2,1H3/b23-15-. The molecule has 0 N–H and O–H groups in total. The summed E-state index contributed by atoms with van der Waals surface area (Å²) in [5.74, 6) is 1.32. The van der Waals surface area contributed by atoms with Crippen molar-refractivity contribution in [2.45, 2.75) is 13.5 Å². The molecule has 5 nitrogen and oxygen atoms in total. The summed E-state index contributed by atoms with van der Waals surface area (Å²) >= 11 is 3.42. The number of benzene rings is 3. The number of cyclic esters (lactones) is 1. The fraction of sp³-hybridized carbons (Fsp3) is 0.120. The predicted molar refractivity (Wildman–Crippen MR) is 123 cm³/mol. The fourth-order valence-electron chi connectivity index (χ4n) is 2.96. The first kappa shape index (κ1) is 20.9. The van der Waals surface area contributed by atoms with Gasteiger partial charge >= 0.3 is 5.97 Å². The van der Waals surface area contributed by atoms with Gasteiger partial charge in [0.1, 0.15) is 18.1 Å². The molecule has 0 fully saturated rings. The average molecular weight is 478 g/mol. The van der Waals surface area contributed by atoms with Crippen LogP contribution in [0.5, 0.6) is 11.5 Å². The summed E-state index contributed by atoms with van der Waals surface area (Å²) in [4.78, 5) is 16.6. The second-order valence-electron chi connectivity index (χ2n) is 6.78. The first-order chi connectivity index (χ1) is 15.1. The molecule has 6 heteroatoms. The number of ether oxygens (including phenoxy) is 3. The summed E-state index contributed by atoms with van der Waals surface area (Å²) < 4.78 is 17.6. The molecule has 3 aromatic carbocycles. The van der Waals surface area contributed by atoms with Gasteiger partial charge in [0, 0.05) is 10.0 Å². The van der Waals surface area contributed by atoms with Gasteiger partial charge in [0.2, 0.25) is 5.90 Å². The molecule has 0 amide bonds. The van der Waals surface area contributed by atoms with E-state index in [1.165, 1.54) is 0 Å². The molecule has 1 aliphatic rings. The zero-order chi connectivity index (χ0) is 21.6. The lowest BCUT2D eigenvalue weighted by Crippen LogP contribution is -2.05. The highest BCUT2D eigenvalue weighted by Gasteiger charge is 2.24. The number of rotatable bonds is 7. The number of nitrogens with zero attached hydrogens (tertiary/aromatic N) is 1. The number of aliphatic imine (C=N–C) groups is 1. The van der Waals surface area contributed by atoms with Crippen LogP contribution in [0.25, 0.3) is 6.08 Å². The van der Waals surface area contributed by atoms with Gasteiger partial charge < -0.3 is 14.2 Å². The normalized spacial score (nSPS) is 14.3. The molecular weight excluding hydrogens is 458 g/mol. The minimum absolute atomic E-state index is 0.257. The van der Waals surface area contributed by atoms with Crippen LogP contribution in [0, 0.1) is 0 Å². The van der Waals surface area contributed by atoms with Gasteiger partial charge in [-0.15, -0.1) is 0 Å². The molecule has 0 atom stereocenters. The first-order valence-corrected chi connectivity index (χ1v) is 10.6. The second-order valence-corrected chi connectivity index (χ2v) is 7.69. The molecule has 1 aliphatic heterocycles. The Kier molecular flexibility index (Phi) is 6.48. The van der Waals surface area contributed by atoms with Gasteiger partial charge in [0.15, 0.2) is 5.70 Å². The number of esters is 1. The Morgan fingerprint density at radius 1 is 0.903 bits per heavy atom. The third-order valence-electron chi connectivity index (χ3n) is 4.54. The maximum atomic E-state index is 12.2. The molecule has 0 aliphatic carbocycles. The van der Waals surface area contributed by atoms with Crippen molar-refractivity contribution in [2.24, 2.45) is 4.99 Å². The Balaban J connectivity index is 1.42. The monoisotopic (exact) mass is 477 g/mol. The predicted octanol–water partition coefficient (Wildman–Crippen LogP) is 5.77. The van der Waals surface area contributed by atoms with Crippen LogP contribution in [0.2, 0.25) is 0 Å². The molecule has 0 aromatic heterocycles. The van der Waals surface area contributed by atoms with E-state index in [4.69, 9.17) is 14.2 Å². The maximum absolute atomic E-state index is 12.2. The van der Waals surface area contributed by atoms with E-state index in [2.05, 4.69) is 20.9 Å². The van der Waals surface area contributed by atoms with Crippen molar-refractivity contribution in [3.63, 3.8) is 0 Å². The van der Waals surface area contributed by atoms with Crippen LogP contribution in [0.15, 0.2) is 88.0 Å². The minimum Gasteiger partial charge on any atom is -0.494 e. The Morgan fingerprint density at radius 2 is 1.55 bits per heavy atom. The van der Waals surface area contributed by atoms with Gasteiger partial charge in [-0.25, -0.2) is 9.79 Å². The Morgan fingerprint density at radius 3 is 2.23 bits per heavy atom. The van der Waals surface area contributed by atoms with Crippen molar-refractivity contribution in [3.8, 4) is 11.5 Å². The molecule has 0 saturated heterocycles. The lowest BCUT2D eigenvalue weighted by Gasteiger charge is -2.06. The van der Waals surface area contributed by atoms with Gasteiger partial charge in [0.05, 0.1) is 6.61 Å². The summed E-state index contributed by atoms with van der Waals surface area (Å²) in [5.41, 5.74) is 2.89. The molecule has 0 unspecified atom stereocenters. The molecule has 1 heterocycles. The fourth-order valence-corrected chi connectivity index (χ4v) is 3.22. The molecule has 3 aromatic rings. The van der Waals surface area contributed by atoms with E-state index in [1.54, 1.807) is 6.08 Å². The SMILES string of the molecule is CCOc1ccc(C2=N/C(=C\c3ccc(OCc4ccc(Br)cc4)cc3)C(=O)O2)cc1. The second kappa shape index (κ2) is 9.62.